The van der Waals surface area contributed by atoms with E-state index in [-0.39, 0.29) is 5.57 Å². The van der Waals surface area contributed by atoms with Gasteiger partial charge in [0.2, 0.25) is 0 Å². The van der Waals surface area contributed by atoms with Gasteiger partial charge in [0.05, 0.1) is 0 Å². The Morgan fingerprint density at radius 1 is 1.35 bits per heavy atom. The molecule has 1 aromatic rings. The van der Waals surface area contributed by atoms with Crippen LogP contribution in [0.4, 0.5) is 0 Å². The number of nitrogens with zero attached hydrogens (tertiary/aromatic N) is 1. The van der Waals surface area contributed by atoms with Crippen LogP contribution in [0.15, 0.2) is 42.0 Å². The summed E-state index contributed by atoms with van der Waals surface area (Å²) in [6.45, 7) is 1.96. The molecular formula is C13H10ClNO2. The van der Waals surface area contributed by atoms with Crippen LogP contribution in [0, 0.1) is 18.3 Å². The van der Waals surface area contributed by atoms with Crippen LogP contribution in [0.3, 0.4) is 0 Å². The van der Waals surface area contributed by atoms with E-state index in [2.05, 4.69) is 0 Å². The number of hydrogen-bond acceptors (Lipinski definition) is 2. The molecule has 0 fully saturated rings. The molecule has 0 aliphatic rings. The van der Waals surface area contributed by atoms with Gasteiger partial charge in [0.15, 0.2) is 0 Å². The van der Waals surface area contributed by atoms with Crippen molar-refractivity contribution in [3.63, 3.8) is 0 Å². The number of allylic oxidation sites excluding steroid dienone is 2. The quantitative estimate of drug-likeness (QED) is 0.507. The third kappa shape index (κ3) is 3.78. The van der Waals surface area contributed by atoms with Crippen molar-refractivity contribution in [1.29, 1.82) is 5.26 Å². The Morgan fingerprint density at radius 3 is 2.41 bits per heavy atom. The van der Waals surface area contributed by atoms with Crippen molar-refractivity contribution in [2.45, 2.75) is 6.92 Å². The average Bonchev–Trinajstić information content (AvgIpc) is 2.30. The Morgan fingerprint density at radius 2 is 1.94 bits per heavy atom. The summed E-state index contributed by atoms with van der Waals surface area (Å²) in [6.07, 6.45) is 2.59. The van der Waals surface area contributed by atoms with Gasteiger partial charge in [-0.3, -0.25) is 0 Å². The Labute approximate surface area is 104 Å². The van der Waals surface area contributed by atoms with E-state index in [1.165, 1.54) is 12.2 Å². The Balaban J connectivity index is 2.98. The maximum atomic E-state index is 10.6. The Hall–Kier alpha value is -2.05. The molecule has 17 heavy (non-hydrogen) atoms. The van der Waals surface area contributed by atoms with Gasteiger partial charge in [-0.1, -0.05) is 41.4 Å². The van der Waals surface area contributed by atoms with E-state index in [4.69, 9.17) is 22.0 Å². The number of aryl methyl sites for hydroxylation is 1. The zero-order chi connectivity index (χ0) is 12.8. The van der Waals surface area contributed by atoms with Gasteiger partial charge in [-0.25, -0.2) is 4.79 Å². The zero-order valence-corrected chi connectivity index (χ0v) is 9.90. The minimum atomic E-state index is -1.27. The molecule has 0 saturated carbocycles. The van der Waals surface area contributed by atoms with Gasteiger partial charge in [0.25, 0.3) is 0 Å². The van der Waals surface area contributed by atoms with Gasteiger partial charge in [0, 0.05) is 5.03 Å². The van der Waals surface area contributed by atoms with Crippen molar-refractivity contribution in [3.8, 4) is 6.07 Å². The number of aliphatic carboxylic acids is 1. The number of carboxylic acids is 1. The lowest BCUT2D eigenvalue weighted by molar-refractivity contribution is -0.132. The van der Waals surface area contributed by atoms with Crippen LogP contribution in [0.1, 0.15) is 11.1 Å². The van der Waals surface area contributed by atoms with Gasteiger partial charge < -0.3 is 5.11 Å². The summed E-state index contributed by atoms with van der Waals surface area (Å²) >= 11 is 5.98. The molecule has 86 valence electrons. The fraction of sp³-hybridized carbons (Fsp3) is 0.0769. The Kier molecular flexibility index (Phi) is 4.50. The smallest absolute Gasteiger partial charge is 0.346 e. The van der Waals surface area contributed by atoms with Crippen LogP contribution in [0.5, 0.6) is 0 Å². The summed E-state index contributed by atoms with van der Waals surface area (Å²) in [5.74, 6) is -1.27. The first-order chi connectivity index (χ1) is 8.04. The second-order valence-corrected chi connectivity index (χ2v) is 3.79. The predicted molar refractivity (Wildman–Crippen MR) is 66.3 cm³/mol. The first-order valence-corrected chi connectivity index (χ1v) is 5.20. The molecule has 0 aliphatic carbocycles. The van der Waals surface area contributed by atoms with E-state index in [9.17, 15) is 4.79 Å². The number of hydrogen-bond donors (Lipinski definition) is 1. The molecule has 0 aliphatic heterocycles. The average molecular weight is 248 g/mol. The summed E-state index contributed by atoms with van der Waals surface area (Å²) in [6, 6.07) is 9.03. The molecule has 4 heteroatoms. The van der Waals surface area contributed by atoms with Crippen LogP contribution in [-0.4, -0.2) is 11.1 Å². The van der Waals surface area contributed by atoms with E-state index in [1.54, 1.807) is 6.07 Å². The standard InChI is InChI=1S/C13H10ClNO2/c1-9-2-4-10(5-3-9)12(14)7-6-11(8-15)13(16)17/h2-7H,1H3,(H,16,17)/b11-6-,12-7+. The highest BCUT2D eigenvalue weighted by Gasteiger charge is 2.04. The number of nitriles is 1. The summed E-state index contributed by atoms with van der Waals surface area (Å²) in [7, 11) is 0. The van der Waals surface area contributed by atoms with Crippen LogP contribution >= 0.6 is 11.6 Å². The van der Waals surface area contributed by atoms with Gasteiger partial charge in [-0.05, 0) is 24.6 Å². The molecule has 0 radical (unpaired) electrons. The minimum Gasteiger partial charge on any atom is -0.477 e. The van der Waals surface area contributed by atoms with E-state index in [0.717, 1.165) is 11.1 Å². The first kappa shape index (κ1) is 13.0. The van der Waals surface area contributed by atoms with E-state index in [0.29, 0.717) is 5.03 Å². The highest BCUT2D eigenvalue weighted by Crippen LogP contribution is 2.19. The molecule has 0 atom stereocenters. The molecule has 0 bridgehead atoms. The molecule has 0 aromatic heterocycles. The van der Waals surface area contributed by atoms with Crippen molar-refractivity contribution in [2.24, 2.45) is 0 Å². The topological polar surface area (TPSA) is 61.1 Å². The Bertz CT molecular complexity index is 521. The summed E-state index contributed by atoms with van der Waals surface area (Å²) in [5, 5.41) is 17.6. The molecule has 0 amide bonds. The second-order valence-electron chi connectivity index (χ2n) is 3.38. The van der Waals surface area contributed by atoms with Crippen LogP contribution < -0.4 is 0 Å². The van der Waals surface area contributed by atoms with Crippen molar-refractivity contribution in [2.75, 3.05) is 0 Å². The van der Waals surface area contributed by atoms with Crippen molar-refractivity contribution in [1.82, 2.24) is 0 Å². The molecule has 3 nitrogen and oxygen atoms in total. The maximum absolute atomic E-state index is 10.6. The normalized spacial score (nSPS) is 12.1. The molecular weight excluding hydrogens is 238 g/mol. The van der Waals surface area contributed by atoms with E-state index < -0.39 is 5.97 Å². The van der Waals surface area contributed by atoms with Crippen molar-refractivity contribution >= 4 is 22.6 Å². The largest absolute Gasteiger partial charge is 0.477 e. The highest BCUT2D eigenvalue weighted by molar-refractivity contribution is 6.48. The number of carbonyl (C=O) groups is 1. The first-order valence-electron chi connectivity index (χ1n) is 4.82. The second kappa shape index (κ2) is 5.88. The number of carboxylic acid groups (broad SMARTS) is 1. The van der Waals surface area contributed by atoms with Gasteiger partial charge >= 0.3 is 5.97 Å². The fourth-order valence-corrected chi connectivity index (χ4v) is 1.31. The lowest BCUT2D eigenvalue weighted by Gasteiger charge is -1.98. The van der Waals surface area contributed by atoms with Crippen LogP contribution in [0.25, 0.3) is 5.03 Å². The van der Waals surface area contributed by atoms with Gasteiger partial charge in [0.1, 0.15) is 11.6 Å². The maximum Gasteiger partial charge on any atom is 0.346 e. The third-order valence-electron chi connectivity index (χ3n) is 2.07. The fourth-order valence-electron chi connectivity index (χ4n) is 1.12. The van der Waals surface area contributed by atoms with Crippen molar-refractivity contribution in [3.05, 3.63) is 53.1 Å². The van der Waals surface area contributed by atoms with Crippen LogP contribution in [0.2, 0.25) is 0 Å². The SMILES string of the molecule is Cc1ccc(/C(Cl)=C\C=C(\C#N)C(=O)O)cc1. The van der Waals surface area contributed by atoms with Crippen molar-refractivity contribution < 1.29 is 9.90 Å². The summed E-state index contributed by atoms with van der Waals surface area (Å²) in [4.78, 5) is 10.6. The number of halogens is 1. The molecule has 1 N–H and O–H groups in total. The third-order valence-corrected chi connectivity index (χ3v) is 2.42. The predicted octanol–water partition coefficient (Wildman–Crippen LogP) is 3.11. The summed E-state index contributed by atoms with van der Waals surface area (Å²) < 4.78 is 0. The van der Waals surface area contributed by atoms with Crippen LogP contribution in [-0.2, 0) is 4.79 Å². The molecule has 0 unspecified atom stereocenters. The summed E-state index contributed by atoms with van der Waals surface area (Å²) in [5.41, 5.74) is 1.53. The lowest BCUT2D eigenvalue weighted by atomic mass is 10.1. The van der Waals surface area contributed by atoms with Gasteiger partial charge in [-0.2, -0.15) is 5.26 Å². The van der Waals surface area contributed by atoms with Gasteiger partial charge in [-0.15, -0.1) is 0 Å². The minimum absolute atomic E-state index is 0.352. The molecule has 1 aromatic carbocycles. The number of rotatable bonds is 3. The lowest BCUT2D eigenvalue weighted by Crippen LogP contribution is -1.96. The van der Waals surface area contributed by atoms with E-state index >= 15 is 0 Å². The zero-order valence-electron chi connectivity index (χ0n) is 9.14. The van der Waals surface area contributed by atoms with E-state index in [1.807, 2.05) is 31.2 Å². The monoisotopic (exact) mass is 247 g/mol. The molecule has 0 saturated heterocycles. The molecule has 0 heterocycles. The molecule has 1 rings (SSSR count). The number of benzene rings is 1. The molecule has 0 spiro atoms. The highest BCUT2D eigenvalue weighted by atomic mass is 35.5.